The van der Waals surface area contributed by atoms with Gasteiger partial charge in [-0.2, -0.15) is 0 Å². The molecule has 2 rings (SSSR count). The zero-order valence-corrected chi connectivity index (χ0v) is 11.4. The molecule has 1 saturated heterocycles. The number of likely N-dealkylation sites (tertiary alicyclic amines) is 1. The second-order valence-electron chi connectivity index (χ2n) is 5.14. The Kier molecular flexibility index (Phi) is 4.74. The first-order valence-corrected chi connectivity index (χ1v) is 6.93. The third-order valence-corrected chi connectivity index (χ3v) is 3.77. The summed E-state index contributed by atoms with van der Waals surface area (Å²) < 4.78 is 0. The number of hydrogen-bond donors (Lipinski definition) is 2. The highest BCUT2D eigenvalue weighted by molar-refractivity contribution is 5.94. The number of nitrogens with zero attached hydrogens (tertiary/aromatic N) is 1. The second-order valence-corrected chi connectivity index (χ2v) is 5.14. The summed E-state index contributed by atoms with van der Waals surface area (Å²) in [5.74, 6) is -1.10. The summed E-state index contributed by atoms with van der Waals surface area (Å²) in [6.07, 6.45) is 1.87. The van der Waals surface area contributed by atoms with E-state index in [4.69, 9.17) is 10.8 Å². The number of benzene rings is 1. The van der Waals surface area contributed by atoms with Crippen molar-refractivity contribution in [3.8, 4) is 0 Å². The fourth-order valence-corrected chi connectivity index (χ4v) is 2.49. The Labute approximate surface area is 118 Å². The van der Waals surface area contributed by atoms with E-state index in [0.717, 1.165) is 12.0 Å². The summed E-state index contributed by atoms with van der Waals surface area (Å²) >= 11 is 0. The number of rotatable bonds is 4. The monoisotopic (exact) mass is 276 g/mol. The molecule has 108 valence electrons. The highest BCUT2D eigenvalue weighted by atomic mass is 16.4. The van der Waals surface area contributed by atoms with Gasteiger partial charge in [-0.1, -0.05) is 12.1 Å². The van der Waals surface area contributed by atoms with Gasteiger partial charge in [0.1, 0.15) is 0 Å². The van der Waals surface area contributed by atoms with Gasteiger partial charge in [-0.05, 0) is 43.5 Å². The Balaban J connectivity index is 1.96. The topological polar surface area (TPSA) is 83.6 Å². The minimum atomic E-state index is -0.761. The molecule has 1 heterocycles. The molecule has 0 saturated carbocycles. The van der Waals surface area contributed by atoms with Gasteiger partial charge < -0.3 is 15.7 Å². The normalized spacial score (nSPS) is 16.1. The number of aliphatic carboxylic acids is 1. The van der Waals surface area contributed by atoms with Crippen LogP contribution in [0.1, 0.15) is 28.8 Å². The SMILES string of the molecule is NCCc1ccc(C(=O)N2CCC(C(=O)O)CC2)cc1. The lowest BCUT2D eigenvalue weighted by Crippen LogP contribution is -2.40. The summed E-state index contributed by atoms with van der Waals surface area (Å²) in [6.45, 7) is 1.62. The quantitative estimate of drug-likeness (QED) is 0.863. The van der Waals surface area contributed by atoms with Gasteiger partial charge in [-0.3, -0.25) is 9.59 Å². The Hall–Kier alpha value is -1.88. The van der Waals surface area contributed by atoms with Crippen molar-refractivity contribution < 1.29 is 14.7 Å². The first-order chi connectivity index (χ1) is 9.61. The first kappa shape index (κ1) is 14.5. The highest BCUT2D eigenvalue weighted by Crippen LogP contribution is 2.19. The van der Waals surface area contributed by atoms with Crippen LogP contribution in [0.25, 0.3) is 0 Å². The molecule has 1 aliphatic rings. The van der Waals surface area contributed by atoms with Gasteiger partial charge in [-0.15, -0.1) is 0 Å². The minimum Gasteiger partial charge on any atom is -0.481 e. The van der Waals surface area contributed by atoms with E-state index in [1.807, 2.05) is 24.3 Å². The van der Waals surface area contributed by atoms with Crippen molar-refractivity contribution in [2.75, 3.05) is 19.6 Å². The molecule has 1 fully saturated rings. The van der Waals surface area contributed by atoms with Gasteiger partial charge in [0.25, 0.3) is 5.91 Å². The number of carboxylic acid groups (broad SMARTS) is 1. The van der Waals surface area contributed by atoms with Gasteiger partial charge in [-0.25, -0.2) is 0 Å². The van der Waals surface area contributed by atoms with E-state index in [2.05, 4.69) is 0 Å². The molecule has 0 aliphatic carbocycles. The molecule has 1 amide bonds. The molecule has 0 spiro atoms. The fraction of sp³-hybridized carbons (Fsp3) is 0.467. The summed E-state index contributed by atoms with van der Waals surface area (Å²) in [5, 5.41) is 8.95. The molecule has 5 heteroatoms. The standard InChI is InChI=1S/C15H20N2O3/c16-8-5-11-1-3-12(4-2-11)14(18)17-9-6-13(7-10-17)15(19)20/h1-4,13H,5-10,16H2,(H,19,20). The van der Waals surface area contributed by atoms with E-state index in [0.29, 0.717) is 38.0 Å². The lowest BCUT2D eigenvalue weighted by atomic mass is 9.96. The molecule has 3 N–H and O–H groups in total. The smallest absolute Gasteiger partial charge is 0.306 e. The van der Waals surface area contributed by atoms with Gasteiger partial charge >= 0.3 is 5.97 Å². The van der Waals surface area contributed by atoms with E-state index >= 15 is 0 Å². The Morgan fingerprint density at radius 3 is 2.30 bits per heavy atom. The van der Waals surface area contributed by atoms with Crippen molar-refractivity contribution in [1.82, 2.24) is 4.90 Å². The van der Waals surface area contributed by atoms with Crippen molar-refractivity contribution in [1.29, 1.82) is 0 Å². The molecule has 1 aromatic rings. The molecule has 0 radical (unpaired) electrons. The van der Waals surface area contributed by atoms with Crippen molar-refractivity contribution in [2.45, 2.75) is 19.3 Å². The molecule has 1 aliphatic heterocycles. The number of amides is 1. The molecule has 1 aromatic carbocycles. The van der Waals surface area contributed by atoms with Gasteiger partial charge in [0, 0.05) is 18.7 Å². The van der Waals surface area contributed by atoms with Crippen LogP contribution in [0.3, 0.4) is 0 Å². The molecular weight excluding hydrogens is 256 g/mol. The van der Waals surface area contributed by atoms with Crippen LogP contribution in [-0.2, 0) is 11.2 Å². The Morgan fingerprint density at radius 2 is 1.80 bits per heavy atom. The third kappa shape index (κ3) is 3.36. The molecule has 0 unspecified atom stereocenters. The zero-order valence-electron chi connectivity index (χ0n) is 11.4. The fourth-order valence-electron chi connectivity index (χ4n) is 2.49. The molecule has 20 heavy (non-hydrogen) atoms. The number of nitrogens with two attached hydrogens (primary N) is 1. The number of carbonyl (C=O) groups is 2. The van der Waals surface area contributed by atoms with Crippen LogP contribution < -0.4 is 5.73 Å². The van der Waals surface area contributed by atoms with Gasteiger partial charge in [0.2, 0.25) is 0 Å². The van der Waals surface area contributed by atoms with Crippen molar-refractivity contribution in [3.63, 3.8) is 0 Å². The summed E-state index contributed by atoms with van der Waals surface area (Å²) in [5.41, 5.74) is 7.26. The summed E-state index contributed by atoms with van der Waals surface area (Å²) in [6, 6.07) is 7.47. The lowest BCUT2D eigenvalue weighted by molar-refractivity contribution is -0.143. The molecule has 5 nitrogen and oxygen atoms in total. The molecule has 0 bridgehead atoms. The van der Waals surface area contributed by atoms with E-state index in [1.54, 1.807) is 4.90 Å². The van der Waals surface area contributed by atoms with E-state index in [1.165, 1.54) is 0 Å². The summed E-state index contributed by atoms with van der Waals surface area (Å²) in [4.78, 5) is 24.9. The van der Waals surface area contributed by atoms with Crippen molar-refractivity contribution in [2.24, 2.45) is 11.7 Å². The first-order valence-electron chi connectivity index (χ1n) is 6.93. The predicted octanol–water partition coefficient (Wildman–Crippen LogP) is 1.12. The van der Waals surface area contributed by atoms with Crippen LogP contribution in [0.4, 0.5) is 0 Å². The molecular formula is C15H20N2O3. The van der Waals surface area contributed by atoms with Crippen molar-refractivity contribution in [3.05, 3.63) is 35.4 Å². The van der Waals surface area contributed by atoms with Gasteiger partial charge in [0.15, 0.2) is 0 Å². The second kappa shape index (κ2) is 6.52. The summed E-state index contributed by atoms with van der Waals surface area (Å²) in [7, 11) is 0. The van der Waals surface area contributed by atoms with E-state index in [-0.39, 0.29) is 11.8 Å². The van der Waals surface area contributed by atoms with Crippen LogP contribution in [0, 0.1) is 5.92 Å². The highest BCUT2D eigenvalue weighted by Gasteiger charge is 2.27. The minimum absolute atomic E-state index is 0.0202. The van der Waals surface area contributed by atoms with E-state index < -0.39 is 5.97 Å². The van der Waals surface area contributed by atoms with Crippen molar-refractivity contribution >= 4 is 11.9 Å². The number of carbonyl (C=O) groups excluding carboxylic acids is 1. The molecule has 0 atom stereocenters. The third-order valence-electron chi connectivity index (χ3n) is 3.77. The zero-order chi connectivity index (χ0) is 14.5. The van der Waals surface area contributed by atoms with Crippen LogP contribution in [0.5, 0.6) is 0 Å². The number of carboxylic acids is 1. The van der Waals surface area contributed by atoms with Crippen LogP contribution in [0.2, 0.25) is 0 Å². The average Bonchev–Trinajstić information content (AvgIpc) is 2.48. The van der Waals surface area contributed by atoms with E-state index in [9.17, 15) is 9.59 Å². The Bertz CT molecular complexity index is 476. The van der Waals surface area contributed by atoms with Crippen LogP contribution in [0.15, 0.2) is 24.3 Å². The van der Waals surface area contributed by atoms with Crippen LogP contribution >= 0.6 is 0 Å². The molecule has 0 aromatic heterocycles. The number of hydrogen-bond acceptors (Lipinski definition) is 3. The maximum atomic E-state index is 12.3. The van der Waals surface area contributed by atoms with Gasteiger partial charge in [0.05, 0.1) is 5.92 Å². The largest absolute Gasteiger partial charge is 0.481 e. The lowest BCUT2D eigenvalue weighted by Gasteiger charge is -2.30. The number of piperidine rings is 1. The predicted molar refractivity (Wildman–Crippen MR) is 75.5 cm³/mol. The Morgan fingerprint density at radius 1 is 1.20 bits per heavy atom. The maximum Gasteiger partial charge on any atom is 0.306 e. The van der Waals surface area contributed by atoms with Crippen LogP contribution in [-0.4, -0.2) is 41.5 Å². The average molecular weight is 276 g/mol. The maximum absolute atomic E-state index is 12.3.